The first-order valence-electron chi connectivity index (χ1n) is 4.42. The molecule has 0 aliphatic carbocycles. The second-order valence-corrected chi connectivity index (χ2v) is 3.28. The molecule has 0 aliphatic rings. The van der Waals surface area contributed by atoms with E-state index in [1.165, 1.54) is 12.8 Å². The molecule has 11 heavy (non-hydrogen) atoms. The van der Waals surface area contributed by atoms with Crippen molar-refractivity contribution < 1.29 is 4.79 Å². The Labute approximate surface area is 69.4 Å². The van der Waals surface area contributed by atoms with Crippen LogP contribution in [-0.4, -0.2) is 12.5 Å². The van der Waals surface area contributed by atoms with Gasteiger partial charge in [0, 0.05) is 6.04 Å². The summed E-state index contributed by atoms with van der Waals surface area (Å²) in [5.74, 6) is 0.548. The minimum atomic E-state index is 0.368. The van der Waals surface area contributed by atoms with E-state index in [9.17, 15) is 4.79 Å². The summed E-state index contributed by atoms with van der Waals surface area (Å²) in [5.41, 5.74) is 0. The molecule has 2 nitrogen and oxygen atoms in total. The highest BCUT2D eigenvalue weighted by Gasteiger charge is 2.10. The summed E-state index contributed by atoms with van der Waals surface area (Å²) in [4.78, 5) is 10.2. The van der Waals surface area contributed by atoms with Gasteiger partial charge in [0.2, 0.25) is 6.41 Å². The van der Waals surface area contributed by atoms with Crippen molar-refractivity contribution in [3.8, 4) is 0 Å². The van der Waals surface area contributed by atoms with E-state index in [0.29, 0.717) is 12.0 Å². The minimum absolute atomic E-state index is 0.368. The predicted octanol–water partition coefficient (Wildman–Crippen LogP) is 1.95. The van der Waals surface area contributed by atoms with Gasteiger partial charge in [0.05, 0.1) is 0 Å². The Morgan fingerprint density at radius 1 is 1.45 bits per heavy atom. The summed E-state index contributed by atoms with van der Waals surface area (Å²) < 4.78 is 0. The number of carbonyl (C=O) groups is 1. The van der Waals surface area contributed by atoms with Crippen LogP contribution in [0.15, 0.2) is 0 Å². The fraction of sp³-hybridized carbons (Fsp3) is 0.889. The monoisotopic (exact) mass is 157 g/mol. The first-order chi connectivity index (χ1) is 5.22. The summed E-state index contributed by atoms with van der Waals surface area (Å²) in [6.45, 7) is 6.44. The zero-order valence-corrected chi connectivity index (χ0v) is 7.76. The van der Waals surface area contributed by atoms with E-state index in [2.05, 4.69) is 26.1 Å². The normalized spacial score (nSPS) is 13.1. The van der Waals surface area contributed by atoms with Crippen LogP contribution in [0.1, 0.15) is 40.0 Å². The van der Waals surface area contributed by atoms with Gasteiger partial charge in [-0.25, -0.2) is 0 Å². The maximum Gasteiger partial charge on any atom is 0.207 e. The van der Waals surface area contributed by atoms with E-state index >= 15 is 0 Å². The van der Waals surface area contributed by atoms with E-state index in [1.807, 2.05) is 0 Å². The summed E-state index contributed by atoms with van der Waals surface area (Å²) in [6, 6.07) is 0.368. The van der Waals surface area contributed by atoms with E-state index < -0.39 is 0 Å². The molecule has 1 unspecified atom stereocenters. The smallest absolute Gasteiger partial charge is 0.207 e. The lowest BCUT2D eigenvalue weighted by Crippen LogP contribution is -2.32. The van der Waals surface area contributed by atoms with Crippen molar-refractivity contribution in [1.82, 2.24) is 5.32 Å². The van der Waals surface area contributed by atoms with Crippen molar-refractivity contribution in [3.05, 3.63) is 0 Å². The van der Waals surface area contributed by atoms with Crippen molar-refractivity contribution in [2.75, 3.05) is 0 Å². The molecule has 66 valence electrons. The molecular weight excluding hydrogens is 138 g/mol. The molecule has 0 aliphatic heterocycles. The molecule has 0 fully saturated rings. The number of nitrogens with one attached hydrogen (secondary N) is 1. The Hall–Kier alpha value is -0.530. The number of hydrogen-bond donors (Lipinski definition) is 1. The molecule has 0 radical (unpaired) electrons. The van der Waals surface area contributed by atoms with Crippen LogP contribution in [0.5, 0.6) is 0 Å². The van der Waals surface area contributed by atoms with Gasteiger partial charge in [0.1, 0.15) is 0 Å². The van der Waals surface area contributed by atoms with Crippen molar-refractivity contribution >= 4 is 6.41 Å². The van der Waals surface area contributed by atoms with Gasteiger partial charge in [-0.1, -0.05) is 33.6 Å². The number of hydrogen-bond acceptors (Lipinski definition) is 1. The molecule has 1 amide bonds. The van der Waals surface area contributed by atoms with Crippen molar-refractivity contribution in [1.29, 1.82) is 0 Å². The molecule has 0 aromatic heterocycles. The van der Waals surface area contributed by atoms with Gasteiger partial charge >= 0.3 is 0 Å². The third kappa shape index (κ3) is 4.82. The van der Waals surface area contributed by atoms with Crippen LogP contribution < -0.4 is 5.32 Å². The fourth-order valence-corrected chi connectivity index (χ4v) is 1.12. The van der Waals surface area contributed by atoms with Crippen LogP contribution in [0.25, 0.3) is 0 Å². The Morgan fingerprint density at radius 3 is 2.45 bits per heavy atom. The van der Waals surface area contributed by atoms with Crippen molar-refractivity contribution in [2.45, 2.75) is 46.1 Å². The minimum Gasteiger partial charge on any atom is -0.356 e. The predicted molar refractivity (Wildman–Crippen MR) is 47.4 cm³/mol. The lowest BCUT2D eigenvalue weighted by molar-refractivity contribution is -0.110. The van der Waals surface area contributed by atoms with Crippen molar-refractivity contribution in [3.63, 3.8) is 0 Å². The van der Waals surface area contributed by atoms with E-state index in [1.54, 1.807) is 0 Å². The van der Waals surface area contributed by atoms with Gasteiger partial charge < -0.3 is 5.32 Å². The van der Waals surface area contributed by atoms with E-state index in [-0.39, 0.29) is 0 Å². The summed E-state index contributed by atoms with van der Waals surface area (Å²) in [7, 11) is 0. The molecule has 0 aromatic rings. The van der Waals surface area contributed by atoms with Gasteiger partial charge in [-0.3, -0.25) is 4.79 Å². The van der Waals surface area contributed by atoms with Gasteiger partial charge in [-0.05, 0) is 12.3 Å². The highest BCUT2D eigenvalue weighted by molar-refractivity contribution is 5.46. The zero-order valence-electron chi connectivity index (χ0n) is 7.76. The van der Waals surface area contributed by atoms with Gasteiger partial charge in [-0.2, -0.15) is 0 Å². The maximum absolute atomic E-state index is 10.2. The summed E-state index contributed by atoms with van der Waals surface area (Å²) in [6.07, 6.45) is 4.31. The van der Waals surface area contributed by atoms with Crippen LogP contribution in [-0.2, 0) is 4.79 Å². The highest BCUT2D eigenvalue weighted by Crippen LogP contribution is 2.08. The average Bonchev–Trinajstić information content (AvgIpc) is 1.97. The molecule has 0 aromatic carbocycles. The van der Waals surface area contributed by atoms with Gasteiger partial charge in [0.25, 0.3) is 0 Å². The largest absolute Gasteiger partial charge is 0.356 e. The van der Waals surface area contributed by atoms with Gasteiger partial charge in [0.15, 0.2) is 0 Å². The number of rotatable bonds is 6. The number of unbranched alkanes of at least 4 members (excludes halogenated alkanes) is 1. The molecular formula is C9H19NO. The second-order valence-electron chi connectivity index (χ2n) is 3.28. The van der Waals surface area contributed by atoms with Crippen LogP contribution in [0.2, 0.25) is 0 Å². The summed E-state index contributed by atoms with van der Waals surface area (Å²) >= 11 is 0. The molecule has 0 saturated carbocycles. The first kappa shape index (κ1) is 10.5. The first-order valence-corrected chi connectivity index (χ1v) is 4.42. The Kier molecular flexibility index (Phi) is 5.90. The lowest BCUT2D eigenvalue weighted by Gasteiger charge is -2.19. The molecule has 1 atom stereocenters. The molecule has 0 heterocycles. The third-order valence-corrected chi connectivity index (χ3v) is 1.96. The fourth-order valence-electron chi connectivity index (χ4n) is 1.12. The number of amides is 1. The molecule has 0 saturated heterocycles. The molecule has 0 spiro atoms. The SMILES string of the molecule is CCCCC(NC=O)C(C)C. The van der Waals surface area contributed by atoms with Crippen molar-refractivity contribution in [2.24, 2.45) is 5.92 Å². The zero-order chi connectivity index (χ0) is 8.69. The molecule has 1 N–H and O–H groups in total. The third-order valence-electron chi connectivity index (χ3n) is 1.96. The second kappa shape index (κ2) is 6.20. The van der Waals surface area contributed by atoms with Crippen LogP contribution in [0.3, 0.4) is 0 Å². The molecule has 2 heteroatoms. The number of carbonyl (C=O) groups excluding carboxylic acids is 1. The van der Waals surface area contributed by atoms with Gasteiger partial charge in [-0.15, -0.1) is 0 Å². The molecule has 0 rings (SSSR count). The van der Waals surface area contributed by atoms with Crippen LogP contribution in [0.4, 0.5) is 0 Å². The topological polar surface area (TPSA) is 29.1 Å². The Balaban J connectivity index is 3.59. The van der Waals surface area contributed by atoms with Crippen LogP contribution >= 0.6 is 0 Å². The average molecular weight is 157 g/mol. The van der Waals surface area contributed by atoms with Crippen LogP contribution in [0, 0.1) is 5.92 Å². The van der Waals surface area contributed by atoms with E-state index in [4.69, 9.17) is 0 Å². The molecule has 0 bridgehead atoms. The Bertz CT molecular complexity index is 102. The maximum atomic E-state index is 10.2. The standard InChI is InChI=1S/C9H19NO/c1-4-5-6-9(8(2)3)10-7-11/h7-9H,4-6H2,1-3H3,(H,10,11). The summed E-state index contributed by atoms with van der Waals surface area (Å²) in [5, 5.41) is 2.84. The Morgan fingerprint density at radius 2 is 2.09 bits per heavy atom. The highest BCUT2D eigenvalue weighted by atomic mass is 16.1. The quantitative estimate of drug-likeness (QED) is 0.587. The lowest BCUT2D eigenvalue weighted by atomic mass is 9.99. The van der Waals surface area contributed by atoms with E-state index in [0.717, 1.165) is 12.8 Å².